The van der Waals surface area contributed by atoms with Gasteiger partial charge in [0.25, 0.3) is 0 Å². The van der Waals surface area contributed by atoms with E-state index in [-0.39, 0.29) is 12.1 Å². The molecule has 0 bridgehead atoms. The number of carbonyl (C=O) groups excluding carboxylic acids is 1. The van der Waals surface area contributed by atoms with Crippen molar-refractivity contribution in [2.45, 2.75) is 58.2 Å². The first-order valence-corrected chi connectivity index (χ1v) is 7.80. The third-order valence-electron chi connectivity index (χ3n) is 3.96. The SMILES string of the molecule is CC1CNC(CN2CCCC2)CN1C(=O)OC(C)(C)C. The van der Waals surface area contributed by atoms with Gasteiger partial charge in [-0.3, -0.25) is 0 Å². The fraction of sp³-hybridized carbons (Fsp3) is 0.933. The minimum absolute atomic E-state index is 0.182. The Hall–Kier alpha value is -0.810. The van der Waals surface area contributed by atoms with Crippen LogP contribution in [0, 0.1) is 0 Å². The number of amides is 1. The van der Waals surface area contributed by atoms with Crippen molar-refractivity contribution in [2.75, 3.05) is 32.7 Å². The van der Waals surface area contributed by atoms with Crippen LogP contribution in [-0.2, 0) is 4.74 Å². The van der Waals surface area contributed by atoms with Crippen molar-refractivity contribution in [1.82, 2.24) is 15.1 Å². The fourth-order valence-electron chi connectivity index (χ4n) is 2.90. The Balaban J connectivity index is 1.88. The Morgan fingerprint density at radius 1 is 1.30 bits per heavy atom. The highest BCUT2D eigenvalue weighted by molar-refractivity contribution is 5.68. The van der Waals surface area contributed by atoms with Gasteiger partial charge in [-0.15, -0.1) is 0 Å². The van der Waals surface area contributed by atoms with Crippen molar-refractivity contribution in [1.29, 1.82) is 0 Å². The minimum Gasteiger partial charge on any atom is -0.444 e. The monoisotopic (exact) mass is 283 g/mol. The van der Waals surface area contributed by atoms with Crippen LogP contribution in [0.4, 0.5) is 4.79 Å². The van der Waals surface area contributed by atoms with Crippen molar-refractivity contribution in [3.05, 3.63) is 0 Å². The molecule has 20 heavy (non-hydrogen) atoms. The molecular formula is C15H29N3O2. The molecule has 0 spiro atoms. The van der Waals surface area contributed by atoms with Crippen LogP contribution < -0.4 is 5.32 Å². The lowest BCUT2D eigenvalue weighted by Crippen LogP contribution is -2.60. The maximum Gasteiger partial charge on any atom is 0.410 e. The number of hydrogen-bond donors (Lipinski definition) is 1. The number of hydrogen-bond acceptors (Lipinski definition) is 4. The van der Waals surface area contributed by atoms with Crippen LogP contribution >= 0.6 is 0 Å². The summed E-state index contributed by atoms with van der Waals surface area (Å²) in [4.78, 5) is 16.6. The Kier molecular flexibility index (Phi) is 4.91. The third kappa shape index (κ3) is 4.35. The van der Waals surface area contributed by atoms with Crippen LogP contribution in [0.1, 0.15) is 40.5 Å². The number of ether oxygens (including phenoxy) is 1. The summed E-state index contributed by atoms with van der Waals surface area (Å²) in [6, 6.07) is 0.552. The van der Waals surface area contributed by atoms with Crippen molar-refractivity contribution in [3.63, 3.8) is 0 Å². The Labute approximate surface area is 122 Å². The Morgan fingerprint density at radius 3 is 2.55 bits per heavy atom. The first-order valence-electron chi connectivity index (χ1n) is 7.80. The van der Waals surface area contributed by atoms with Crippen molar-refractivity contribution < 1.29 is 9.53 Å². The molecule has 5 heteroatoms. The summed E-state index contributed by atoms with van der Waals surface area (Å²) < 4.78 is 5.51. The quantitative estimate of drug-likeness (QED) is 0.837. The fourth-order valence-corrected chi connectivity index (χ4v) is 2.90. The van der Waals surface area contributed by atoms with Gasteiger partial charge in [-0.1, -0.05) is 0 Å². The molecule has 0 saturated carbocycles. The van der Waals surface area contributed by atoms with Gasteiger partial charge < -0.3 is 19.9 Å². The number of nitrogens with zero attached hydrogens (tertiary/aromatic N) is 2. The average Bonchev–Trinajstić information content (AvgIpc) is 2.82. The highest BCUT2D eigenvalue weighted by Crippen LogP contribution is 2.16. The van der Waals surface area contributed by atoms with Gasteiger partial charge in [-0.25, -0.2) is 4.79 Å². The number of carbonyl (C=O) groups is 1. The van der Waals surface area contributed by atoms with E-state index in [2.05, 4.69) is 17.1 Å². The second-order valence-electron chi connectivity index (χ2n) is 7.09. The largest absolute Gasteiger partial charge is 0.444 e. The van der Waals surface area contributed by atoms with Crippen LogP contribution in [0.5, 0.6) is 0 Å². The molecule has 2 atom stereocenters. The molecule has 0 radical (unpaired) electrons. The summed E-state index contributed by atoms with van der Waals surface area (Å²) in [5.74, 6) is 0. The van der Waals surface area contributed by atoms with E-state index in [1.165, 1.54) is 25.9 Å². The summed E-state index contributed by atoms with van der Waals surface area (Å²) >= 11 is 0. The van der Waals surface area contributed by atoms with Crippen LogP contribution in [0.2, 0.25) is 0 Å². The van der Waals surface area contributed by atoms with Gasteiger partial charge in [0.15, 0.2) is 0 Å². The van der Waals surface area contributed by atoms with Crippen LogP contribution in [0.25, 0.3) is 0 Å². The molecular weight excluding hydrogens is 254 g/mol. The Morgan fingerprint density at radius 2 is 1.95 bits per heavy atom. The standard InChI is InChI=1S/C15H29N3O2/c1-12-9-16-13(10-17-7-5-6-8-17)11-18(12)14(19)20-15(2,3)4/h12-13,16H,5-11H2,1-4H3. The molecule has 0 aromatic carbocycles. The first-order chi connectivity index (χ1) is 9.35. The summed E-state index contributed by atoms with van der Waals surface area (Å²) in [5.41, 5.74) is -0.424. The van der Waals surface area contributed by atoms with E-state index in [4.69, 9.17) is 4.74 Å². The summed E-state index contributed by atoms with van der Waals surface area (Å²) in [6.45, 7) is 12.8. The number of piperazine rings is 1. The maximum atomic E-state index is 12.3. The summed E-state index contributed by atoms with van der Waals surface area (Å²) in [7, 11) is 0. The third-order valence-corrected chi connectivity index (χ3v) is 3.96. The van der Waals surface area contributed by atoms with Crippen LogP contribution in [-0.4, -0.2) is 66.3 Å². The predicted molar refractivity (Wildman–Crippen MR) is 79.9 cm³/mol. The van der Waals surface area contributed by atoms with Gasteiger partial charge in [0.2, 0.25) is 0 Å². The molecule has 1 amide bonds. The van der Waals surface area contributed by atoms with E-state index in [9.17, 15) is 4.79 Å². The van der Waals surface area contributed by atoms with Crippen molar-refractivity contribution in [3.8, 4) is 0 Å². The number of rotatable bonds is 2. The molecule has 0 aliphatic carbocycles. The van der Waals surface area contributed by atoms with E-state index in [1.54, 1.807) is 0 Å². The molecule has 0 aromatic rings. The zero-order valence-electron chi connectivity index (χ0n) is 13.3. The van der Waals surface area contributed by atoms with E-state index >= 15 is 0 Å². The molecule has 2 rings (SSSR count). The van der Waals surface area contributed by atoms with Crippen molar-refractivity contribution >= 4 is 6.09 Å². The molecule has 116 valence electrons. The van der Waals surface area contributed by atoms with Gasteiger partial charge >= 0.3 is 6.09 Å². The second-order valence-corrected chi connectivity index (χ2v) is 7.09. The molecule has 0 aromatic heterocycles. The first kappa shape index (κ1) is 15.6. The molecule has 2 unspecified atom stereocenters. The van der Waals surface area contributed by atoms with Gasteiger partial charge in [0.05, 0.1) is 0 Å². The van der Waals surface area contributed by atoms with Crippen LogP contribution in [0.3, 0.4) is 0 Å². The van der Waals surface area contributed by atoms with E-state index < -0.39 is 5.60 Å². The Bertz CT molecular complexity index is 335. The highest BCUT2D eigenvalue weighted by Gasteiger charge is 2.32. The maximum absolute atomic E-state index is 12.3. The second kappa shape index (κ2) is 6.31. The highest BCUT2D eigenvalue weighted by atomic mass is 16.6. The lowest BCUT2D eigenvalue weighted by Gasteiger charge is -2.40. The average molecular weight is 283 g/mol. The van der Waals surface area contributed by atoms with Gasteiger partial charge in [0, 0.05) is 31.7 Å². The lowest BCUT2D eigenvalue weighted by molar-refractivity contribution is 0.00825. The van der Waals surface area contributed by atoms with Gasteiger partial charge in [0.1, 0.15) is 5.60 Å². The van der Waals surface area contributed by atoms with Crippen LogP contribution in [0.15, 0.2) is 0 Å². The molecule has 1 N–H and O–H groups in total. The zero-order chi connectivity index (χ0) is 14.8. The lowest BCUT2D eigenvalue weighted by atomic mass is 10.1. The minimum atomic E-state index is -0.424. The topological polar surface area (TPSA) is 44.8 Å². The molecule has 2 fully saturated rings. The van der Waals surface area contributed by atoms with Gasteiger partial charge in [-0.2, -0.15) is 0 Å². The summed E-state index contributed by atoms with van der Waals surface area (Å²) in [5, 5.41) is 3.55. The molecule has 2 heterocycles. The molecule has 2 aliphatic rings. The zero-order valence-corrected chi connectivity index (χ0v) is 13.3. The molecule has 2 aliphatic heterocycles. The smallest absolute Gasteiger partial charge is 0.410 e. The number of likely N-dealkylation sites (tertiary alicyclic amines) is 1. The normalized spacial score (nSPS) is 28.7. The summed E-state index contributed by atoms with van der Waals surface area (Å²) in [6.07, 6.45) is 2.43. The predicted octanol–water partition coefficient (Wildman–Crippen LogP) is 1.68. The van der Waals surface area contributed by atoms with E-state index in [0.29, 0.717) is 6.04 Å². The van der Waals surface area contributed by atoms with E-state index in [0.717, 1.165) is 19.6 Å². The van der Waals surface area contributed by atoms with Gasteiger partial charge in [-0.05, 0) is 53.6 Å². The van der Waals surface area contributed by atoms with E-state index in [1.807, 2.05) is 25.7 Å². The molecule has 2 saturated heterocycles. The number of nitrogens with one attached hydrogen (secondary N) is 1. The van der Waals surface area contributed by atoms with Crippen molar-refractivity contribution in [2.24, 2.45) is 0 Å². The molecule has 5 nitrogen and oxygen atoms in total.